The predicted molar refractivity (Wildman–Crippen MR) is 139 cm³/mol. The van der Waals surface area contributed by atoms with Crippen LogP contribution in [-0.2, 0) is 11.2 Å². The Hall–Kier alpha value is -4.64. The number of aromatic nitrogens is 2. The number of ether oxygens (including phenoxy) is 5. The van der Waals surface area contributed by atoms with Crippen LogP contribution in [0.1, 0.15) is 21.5 Å². The summed E-state index contributed by atoms with van der Waals surface area (Å²) in [6.07, 6.45) is 0.00111. The van der Waals surface area contributed by atoms with Crippen molar-refractivity contribution in [2.45, 2.75) is 6.42 Å². The molecule has 0 aliphatic carbocycles. The number of nitrogens with zero attached hydrogens (tertiary/aromatic N) is 2. The van der Waals surface area contributed by atoms with Gasteiger partial charge in [-0.2, -0.15) is 8.75 Å². The average Bonchev–Trinajstić information content (AvgIpc) is 3.60. The van der Waals surface area contributed by atoms with Crippen LogP contribution >= 0.6 is 11.7 Å². The molecule has 0 unspecified atom stereocenters. The van der Waals surface area contributed by atoms with Crippen LogP contribution in [0.5, 0.6) is 28.7 Å². The van der Waals surface area contributed by atoms with Gasteiger partial charge in [0.1, 0.15) is 11.0 Å². The monoisotopic (exact) mass is 534 g/mol. The van der Waals surface area contributed by atoms with Crippen LogP contribution in [0.4, 0.5) is 0 Å². The molecule has 0 spiro atoms. The zero-order valence-corrected chi connectivity index (χ0v) is 21.5. The number of carbonyl (C=O) groups is 2. The van der Waals surface area contributed by atoms with Crippen LogP contribution in [0, 0.1) is 0 Å². The fourth-order valence-corrected chi connectivity index (χ4v) is 4.81. The Kier molecular flexibility index (Phi) is 6.84. The highest BCUT2D eigenvalue weighted by Crippen LogP contribution is 2.40. The number of aliphatic carboxylic acids is 1. The maximum Gasteiger partial charge on any atom is 0.336 e. The molecule has 0 amide bonds. The van der Waals surface area contributed by atoms with E-state index in [-0.39, 0.29) is 41.4 Å². The molecular weight excluding hydrogens is 512 g/mol. The summed E-state index contributed by atoms with van der Waals surface area (Å²) >= 11 is 1.02. The van der Waals surface area contributed by atoms with Crippen LogP contribution in [0.3, 0.4) is 0 Å². The highest BCUT2D eigenvalue weighted by atomic mass is 32.1. The van der Waals surface area contributed by atoms with Crippen molar-refractivity contribution in [1.29, 1.82) is 0 Å². The van der Waals surface area contributed by atoms with E-state index in [0.29, 0.717) is 39.4 Å². The van der Waals surface area contributed by atoms with Gasteiger partial charge in [0.2, 0.25) is 12.5 Å². The lowest BCUT2D eigenvalue weighted by Crippen LogP contribution is -2.14. The van der Waals surface area contributed by atoms with E-state index in [0.717, 1.165) is 11.7 Å². The topological polar surface area (TPSA) is 126 Å². The highest BCUT2D eigenvalue weighted by Gasteiger charge is 2.27. The number of hydrogen-bond acceptors (Lipinski definition) is 10. The second-order valence-electron chi connectivity index (χ2n) is 8.23. The van der Waals surface area contributed by atoms with Crippen molar-refractivity contribution in [3.63, 3.8) is 0 Å². The van der Waals surface area contributed by atoms with Gasteiger partial charge in [0.05, 0.1) is 38.6 Å². The number of allylic oxidation sites excluding steroid dienone is 1. The Labute approximate surface area is 221 Å². The number of carboxylic acid groups (broad SMARTS) is 1. The molecule has 3 aromatic carbocycles. The van der Waals surface area contributed by atoms with Crippen LogP contribution in [0.25, 0.3) is 16.6 Å². The van der Waals surface area contributed by atoms with Crippen molar-refractivity contribution in [1.82, 2.24) is 8.75 Å². The molecule has 38 heavy (non-hydrogen) atoms. The molecule has 5 rings (SSSR count). The number of hydrogen-bond donors (Lipinski definition) is 1. The van der Waals surface area contributed by atoms with Gasteiger partial charge >= 0.3 is 5.97 Å². The quantitative estimate of drug-likeness (QED) is 0.244. The summed E-state index contributed by atoms with van der Waals surface area (Å²) in [5.41, 5.74) is 2.23. The Morgan fingerprint density at radius 1 is 0.868 bits per heavy atom. The predicted octanol–water partition coefficient (Wildman–Crippen LogP) is 4.41. The van der Waals surface area contributed by atoms with Gasteiger partial charge < -0.3 is 28.8 Å². The largest absolute Gasteiger partial charge is 0.493 e. The molecule has 1 N–H and O–H groups in total. The first-order valence-electron chi connectivity index (χ1n) is 11.4. The maximum absolute atomic E-state index is 14.1. The second kappa shape index (κ2) is 10.4. The molecule has 0 saturated carbocycles. The minimum Gasteiger partial charge on any atom is -0.493 e. The Balaban J connectivity index is 1.70. The lowest BCUT2D eigenvalue weighted by molar-refractivity contribution is -0.130. The summed E-state index contributed by atoms with van der Waals surface area (Å²) in [7, 11) is 4.34. The van der Waals surface area contributed by atoms with Crippen molar-refractivity contribution in [3.05, 3.63) is 70.8 Å². The zero-order chi connectivity index (χ0) is 26.8. The van der Waals surface area contributed by atoms with E-state index in [9.17, 15) is 14.7 Å². The molecule has 0 atom stereocenters. The molecule has 0 fully saturated rings. The van der Waals surface area contributed by atoms with Gasteiger partial charge in [-0.25, -0.2) is 4.79 Å². The lowest BCUT2D eigenvalue weighted by atomic mass is 9.89. The summed E-state index contributed by atoms with van der Waals surface area (Å²) in [5, 5.41) is 10.4. The van der Waals surface area contributed by atoms with Gasteiger partial charge in [-0.05, 0) is 47.5 Å². The van der Waals surface area contributed by atoms with E-state index >= 15 is 0 Å². The van der Waals surface area contributed by atoms with Gasteiger partial charge in [-0.3, -0.25) is 4.79 Å². The number of carboxylic acids is 1. The SMILES string of the molecule is COc1cc(C(=O)C(Cc2ccc3c(c2)OCO3)=C(C(=O)O)c2ccc3nsnc3c2)cc(OC)c1OC. The van der Waals surface area contributed by atoms with Gasteiger partial charge in [0.25, 0.3) is 0 Å². The number of Topliss-reactive ketones (excluding diaryl/α,β-unsaturated/α-hetero) is 1. The molecule has 1 aromatic heterocycles. The molecule has 194 valence electrons. The normalized spacial score (nSPS) is 12.7. The third-order valence-electron chi connectivity index (χ3n) is 6.08. The average molecular weight is 535 g/mol. The number of benzene rings is 3. The molecule has 1 aliphatic heterocycles. The Morgan fingerprint density at radius 3 is 2.26 bits per heavy atom. The first-order valence-corrected chi connectivity index (χ1v) is 12.1. The summed E-state index contributed by atoms with van der Waals surface area (Å²) < 4.78 is 35.5. The molecule has 4 aromatic rings. The standard InChI is InChI=1S/C27H22N2O8S/c1-33-22-11-16(12-23(34-2)26(22)35-3)25(30)17(8-14-4-7-20-21(9-14)37-13-36-20)24(27(31)32)15-5-6-18-19(10-15)29-38-28-18/h4-7,9-12H,8,13H2,1-3H3,(H,31,32). The van der Waals surface area contributed by atoms with Crippen LogP contribution in [0.15, 0.2) is 54.1 Å². The van der Waals surface area contributed by atoms with E-state index in [4.69, 9.17) is 23.7 Å². The number of carbonyl (C=O) groups excluding carboxylic acids is 1. The zero-order valence-electron chi connectivity index (χ0n) is 20.6. The molecule has 0 radical (unpaired) electrons. The summed E-state index contributed by atoms with van der Waals surface area (Å²) in [5.74, 6) is 0.172. The smallest absolute Gasteiger partial charge is 0.336 e. The maximum atomic E-state index is 14.1. The van der Waals surface area contributed by atoms with Crippen molar-refractivity contribution in [3.8, 4) is 28.7 Å². The number of rotatable bonds is 9. The molecular formula is C27H22N2O8S. The van der Waals surface area contributed by atoms with Crippen molar-refractivity contribution in [2.75, 3.05) is 28.1 Å². The van der Waals surface area contributed by atoms with Crippen LogP contribution in [-0.4, -0.2) is 53.7 Å². The number of ketones is 1. The van der Waals surface area contributed by atoms with Gasteiger partial charge in [0.15, 0.2) is 28.8 Å². The Morgan fingerprint density at radius 2 is 1.58 bits per heavy atom. The molecule has 10 nitrogen and oxygen atoms in total. The fraction of sp³-hybridized carbons (Fsp3) is 0.185. The van der Waals surface area contributed by atoms with E-state index in [1.165, 1.54) is 33.5 Å². The third kappa shape index (κ3) is 4.59. The van der Waals surface area contributed by atoms with E-state index in [2.05, 4.69) is 8.75 Å². The summed E-state index contributed by atoms with van der Waals surface area (Å²) in [6.45, 7) is 0.0912. The van der Waals surface area contributed by atoms with Crippen molar-refractivity contribution < 1.29 is 38.4 Å². The van der Waals surface area contributed by atoms with E-state index in [1.54, 1.807) is 36.4 Å². The minimum atomic E-state index is -1.26. The van der Waals surface area contributed by atoms with Gasteiger partial charge in [-0.1, -0.05) is 12.1 Å². The van der Waals surface area contributed by atoms with Crippen molar-refractivity contribution in [2.24, 2.45) is 0 Å². The number of fused-ring (bicyclic) bond motifs is 2. The fourth-order valence-electron chi connectivity index (χ4n) is 4.29. The Bertz CT molecular complexity index is 1570. The van der Waals surface area contributed by atoms with Gasteiger partial charge in [-0.15, -0.1) is 0 Å². The molecule has 0 saturated heterocycles. The second-order valence-corrected chi connectivity index (χ2v) is 8.76. The molecule has 0 bridgehead atoms. The number of methoxy groups -OCH3 is 3. The third-order valence-corrected chi connectivity index (χ3v) is 6.63. The van der Waals surface area contributed by atoms with Crippen LogP contribution in [0.2, 0.25) is 0 Å². The van der Waals surface area contributed by atoms with E-state index < -0.39 is 11.8 Å². The first-order chi connectivity index (χ1) is 18.4. The molecule has 2 heterocycles. The lowest BCUT2D eigenvalue weighted by Gasteiger charge is -2.16. The van der Waals surface area contributed by atoms with E-state index in [1.807, 2.05) is 0 Å². The minimum absolute atomic E-state index is 0.00111. The van der Waals surface area contributed by atoms with Gasteiger partial charge in [0, 0.05) is 17.6 Å². The highest BCUT2D eigenvalue weighted by molar-refractivity contribution is 7.00. The first kappa shape index (κ1) is 25.0. The van der Waals surface area contributed by atoms with Crippen LogP contribution < -0.4 is 23.7 Å². The molecule has 1 aliphatic rings. The molecule has 11 heteroatoms. The van der Waals surface area contributed by atoms with Crippen molar-refractivity contribution >= 4 is 40.1 Å². The summed E-state index contributed by atoms with van der Waals surface area (Å²) in [6, 6.07) is 13.1. The summed E-state index contributed by atoms with van der Waals surface area (Å²) in [4.78, 5) is 26.8.